The van der Waals surface area contributed by atoms with Crippen LogP contribution in [0.15, 0.2) is 29.2 Å². The highest BCUT2D eigenvalue weighted by molar-refractivity contribution is 7.99. The van der Waals surface area contributed by atoms with E-state index in [-0.39, 0.29) is 5.91 Å². The molecule has 0 spiro atoms. The molecule has 0 aliphatic carbocycles. The van der Waals surface area contributed by atoms with Crippen molar-refractivity contribution in [1.82, 2.24) is 5.32 Å². The van der Waals surface area contributed by atoms with Crippen molar-refractivity contribution in [1.29, 1.82) is 0 Å². The van der Waals surface area contributed by atoms with Crippen molar-refractivity contribution < 1.29 is 9.90 Å². The first-order chi connectivity index (χ1) is 8.08. The Morgan fingerprint density at radius 3 is 2.65 bits per heavy atom. The highest BCUT2D eigenvalue weighted by Gasteiger charge is 2.03. The minimum Gasteiger partial charge on any atom is -0.392 e. The molecular formula is C13H19NO2S. The standard InChI is InChI=1S/C13H19NO2S/c1-10-3-5-12(6-4-10)17-8-7-13(16)14-9-11(2)15/h3-6,11,15H,7-9H2,1-2H3,(H,14,16)/t11-/m1/s1. The highest BCUT2D eigenvalue weighted by Crippen LogP contribution is 2.18. The number of hydrogen-bond donors (Lipinski definition) is 2. The Labute approximate surface area is 107 Å². The van der Waals surface area contributed by atoms with Gasteiger partial charge in [-0.3, -0.25) is 4.79 Å². The van der Waals surface area contributed by atoms with Crippen molar-refractivity contribution in [2.24, 2.45) is 0 Å². The Morgan fingerprint density at radius 1 is 1.41 bits per heavy atom. The molecule has 1 rings (SSSR count). The zero-order valence-corrected chi connectivity index (χ0v) is 11.1. The van der Waals surface area contributed by atoms with E-state index in [9.17, 15) is 4.79 Å². The smallest absolute Gasteiger partial charge is 0.220 e. The molecule has 0 aliphatic heterocycles. The van der Waals surface area contributed by atoms with Gasteiger partial charge in [-0.15, -0.1) is 11.8 Å². The van der Waals surface area contributed by atoms with Crippen LogP contribution in [0.3, 0.4) is 0 Å². The molecule has 1 atom stereocenters. The van der Waals surface area contributed by atoms with E-state index in [1.54, 1.807) is 18.7 Å². The lowest BCUT2D eigenvalue weighted by molar-refractivity contribution is -0.121. The Balaban J connectivity index is 2.19. The molecule has 17 heavy (non-hydrogen) atoms. The molecule has 1 aromatic carbocycles. The van der Waals surface area contributed by atoms with Gasteiger partial charge in [0.15, 0.2) is 0 Å². The van der Waals surface area contributed by atoms with Gasteiger partial charge in [0.1, 0.15) is 0 Å². The van der Waals surface area contributed by atoms with Gasteiger partial charge < -0.3 is 10.4 Å². The van der Waals surface area contributed by atoms with Gasteiger partial charge in [-0.1, -0.05) is 17.7 Å². The Morgan fingerprint density at radius 2 is 2.06 bits per heavy atom. The fourth-order valence-corrected chi connectivity index (χ4v) is 2.10. The van der Waals surface area contributed by atoms with Gasteiger partial charge in [0.2, 0.25) is 5.91 Å². The van der Waals surface area contributed by atoms with Crippen LogP contribution in [0.1, 0.15) is 18.9 Å². The minimum absolute atomic E-state index is 0.00879. The molecule has 0 aliphatic rings. The summed E-state index contributed by atoms with van der Waals surface area (Å²) >= 11 is 1.67. The lowest BCUT2D eigenvalue weighted by Crippen LogP contribution is -2.30. The number of nitrogens with one attached hydrogen (secondary N) is 1. The number of thioether (sulfide) groups is 1. The average molecular weight is 253 g/mol. The van der Waals surface area contributed by atoms with Crippen LogP contribution in [0.2, 0.25) is 0 Å². The van der Waals surface area contributed by atoms with Crippen molar-refractivity contribution in [3.63, 3.8) is 0 Å². The van der Waals surface area contributed by atoms with Crippen LogP contribution in [0.4, 0.5) is 0 Å². The summed E-state index contributed by atoms with van der Waals surface area (Å²) in [4.78, 5) is 12.5. The van der Waals surface area contributed by atoms with E-state index in [2.05, 4.69) is 36.5 Å². The van der Waals surface area contributed by atoms with Crippen molar-refractivity contribution >= 4 is 17.7 Å². The largest absolute Gasteiger partial charge is 0.392 e. The van der Waals surface area contributed by atoms with E-state index in [0.29, 0.717) is 13.0 Å². The summed E-state index contributed by atoms with van der Waals surface area (Å²) in [6.07, 6.45) is -0.00524. The topological polar surface area (TPSA) is 49.3 Å². The number of aliphatic hydroxyl groups is 1. The van der Waals surface area contributed by atoms with Crippen molar-refractivity contribution in [2.45, 2.75) is 31.3 Å². The van der Waals surface area contributed by atoms with E-state index >= 15 is 0 Å². The zero-order valence-electron chi connectivity index (χ0n) is 10.3. The summed E-state index contributed by atoms with van der Waals surface area (Å²) < 4.78 is 0. The van der Waals surface area contributed by atoms with Crippen LogP contribution in [0, 0.1) is 6.92 Å². The first-order valence-corrected chi connectivity index (χ1v) is 6.70. The Hall–Kier alpha value is -1.00. The molecule has 0 heterocycles. The van der Waals surface area contributed by atoms with Gasteiger partial charge in [0, 0.05) is 23.6 Å². The highest BCUT2D eigenvalue weighted by atomic mass is 32.2. The summed E-state index contributed by atoms with van der Waals surface area (Å²) in [7, 11) is 0. The molecule has 1 amide bonds. The van der Waals surface area contributed by atoms with Crippen molar-refractivity contribution in [3.05, 3.63) is 29.8 Å². The van der Waals surface area contributed by atoms with E-state index in [1.165, 1.54) is 10.5 Å². The lowest BCUT2D eigenvalue weighted by atomic mass is 10.2. The second kappa shape index (κ2) is 7.35. The molecule has 1 aromatic rings. The van der Waals surface area contributed by atoms with Crippen LogP contribution in [0.5, 0.6) is 0 Å². The Bertz CT molecular complexity index is 349. The number of carbonyl (C=O) groups is 1. The number of hydrogen-bond acceptors (Lipinski definition) is 3. The van der Waals surface area contributed by atoms with E-state index < -0.39 is 6.10 Å². The fourth-order valence-electron chi connectivity index (χ4n) is 1.25. The average Bonchev–Trinajstić information content (AvgIpc) is 2.29. The minimum atomic E-state index is -0.483. The second-order valence-electron chi connectivity index (χ2n) is 4.06. The molecule has 0 bridgehead atoms. The van der Waals surface area contributed by atoms with Gasteiger partial charge in [-0.2, -0.15) is 0 Å². The summed E-state index contributed by atoms with van der Waals surface area (Å²) in [5, 5.41) is 11.7. The van der Waals surface area contributed by atoms with Crippen molar-refractivity contribution in [3.8, 4) is 0 Å². The maximum absolute atomic E-state index is 11.4. The Kier molecular flexibility index (Phi) is 6.08. The number of carbonyl (C=O) groups excluding carboxylic acids is 1. The third-order valence-electron chi connectivity index (χ3n) is 2.21. The molecule has 0 aromatic heterocycles. The SMILES string of the molecule is Cc1ccc(SCCC(=O)NC[C@@H](C)O)cc1. The van der Waals surface area contributed by atoms with Crippen LogP contribution >= 0.6 is 11.8 Å². The fraction of sp³-hybridized carbons (Fsp3) is 0.462. The van der Waals surface area contributed by atoms with Gasteiger partial charge in [-0.25, -0.2) is 0 Å². The number of aryl methyl sites for hydroxylation is 1. The maximum atomic E-state index is 11.4. The molecule has 2 N–H and O–H groups in total. The molecule has 0 unspecified atom stereocenters. The van der Waals surface area contributed by atoms with Crippen LogP contribution in [-0.4, -0.2) is 29.4 Å². The van der Waals surface area contributed by atoms with Gasteiger partial charge in [0.25, 0.3) is 0 Å². The molecule has 4 heteroatoms. The predicted octanol–water partition coefficient (Wildman–Crippen LogP) is 1.97. The number of benzene rings is 1. The van der Waals surface area contributed by atoms with Gasteiger partial charge in [0.05, 0.1) is 6.10 Å². The molecule has 0 saturated heterocycles. The molecule has 0 fully saturated rings. The van der Waals surface area contributed by atoms with E-state index in [0.717, 1.165) is 5.75 Å². The summed E-state index contributed by atoms with van der Waals surface area (Å²) in [6, 6.07) is 8.26. The molecule has 0 radical (unpaired) electrons. The zero-order chi connectivity index (χ0) is 12.7. The molecule has 94 valence electrons. The third kappa shape index (κ3) is 6.34. The summed E-state index contributed by atoms with van der Waals surface area (Å²) in [5.41, 5.74) is 1.24. The second-order valence-corrected chi connectivity index (χ2v) is 5.23. The normalized spacial score (nSPS) is 12.2. The first kappa shape index (κ1) is 14.1. The summed E-state index contributed by atoms with van der Waals surface area (Å²) in [6.45, 7) is 4.04. The number of rotatable bonds is 6. The molecule has 3 nitrogen and oxygen atoms in total. The number of amides is 1. The van der Waals surface area contributed by atoms with Crippen LogP contribution < -0.4 is 5.32 Å². The predicted molar refractivity (Wildman–Crippen MR) is 71.2 cm³/mol. The quantitative estimate of drug-likeness (QED) is 0.762. The monoisotopic (exact) mass is 253 g/mol. The van der Waals surface area contributed by atoms with Gasteiger partial charge in [-0.05, 0) is 26.0 Å². The van der Waals surface area contributed by atoms with E-state index in [4.69, 9.17) is 5.11 Å². The third-order valence-corrected chi connectivity index (χ3v) is 3.23. The maximum Gasteiger partial charge on any atom is 0.220 e. The van der Waals surface area contributed by atoms with Crippen LogP contribution in [-0.2, 0) is 4.79 Å². The first-order valence-electron chi connectivity index (χ1n) is 5.72. The number of aliphatic hydroxyl groups excluding tert-OH is 1. The van der Waals surface area contributed by atoms with Gasteiger partial charge >= 0.3 is 0 Å². The summed E-state index contributed by atoms with van der Waals surface area (Å²) in [5.74, 6) is 0.750. The lowest BCUT2D eigenvalue weighted by Gasteiger charge is -2.06. The van der Waals surface area contributed by atoms with E-state index in [1.807, 2.05) is 0 Å². The molecular weight excluding hydrogens is 234 g/mol. The van der Waals surface area contributed by atoms with Crippen molar-refractivity contribution in [2.75, 3.05) is 12.3 Å². The van der Waals surface area contributed by atoms with Crippen LogP contribution in [0.25, 0.3) is 0 Å². The molecule has 0 saturated carbocycles.